The summed E-state index contributed by atoms with van der Waals surface area (Å²) < 4.78 is 10.9. The number of hydrogen-bond acceptors (Lipinski definition) is 5. The molecule has 16 heavy (non-hydrogen) atoms. The number of aromatic nitrogens is 2. The first-order chi connectivity index (χ1) is 7.93. The van der Waals surface area contributed by atoms with E-state index < -0.39 is 0 Å². The van der Waals surface area contributed by atoms with Gasteiger partial charge in [0, 0.05) is 13.2 Å². The van der Waals surface area contributed by atoms with Crippen molar-refractivity contribution in [2.24, 2.45) is 0 Å². The van der Waals surface area contributed by atoms with Gasteiger partial charge in [0.15, 0.2) is 0 Å². The van der Waals surface area contributed by atoms with E-state index >= 15 is 0 Å². The molecule has 1 aromatic heterocycles. The first-order valence-corrected chi connectivity index (χ1v) is 6.09. The summed E-state index contributed by atoms with van der Waals surface area (Å²) in [7, 11) is 0. The fourth-order valence-electron chi connectivity index (χ4n) is 2.39. The molecule has 2 fully saturated rings. The highest BCUT2D eigenvalue weighted by molar-refractivity contribution is 4.99. The van der Waals surface area contributed by atoms with E-state index in [4.69, 9.17) is 9.26 Å². The molecule has 0 radical (unpaired) electrons. The molecule has 0 spiro atoms. The van der Waals surface area contributed by atoms with E-state index in [0.29, 0.717) is 5.92 Å². The molecule has 3 rings (SSSR count). The Morgan fingerprint density at radius 1 is 1.25 bits per heavy atom. The third-order valence-electron chi connectivity index (χ3n) is 3.32. The van der Waals surface area contributed by atoms with Gasteiger partial charge in [-0.3, -0.25) is 0 Å². The van der Waals surface area contributed by atoms with Crippen molar-refractivity contribution in [3.8, 4) is 0 Å². The Hall–Kier alpha value is -0.940. The first kappa shape index (κ1) is 10.2. The lowest BCUT2D eigenvalue weighted by atomic mass is 10.00. The molecule has 88 valence electrons. The third kappa shape index (κ3) is 1.97. The molecule has 0 aromatic carbocycles. The molecule has 2 atom stereocenters. The summed E-state index contributed by atoms with van der Waals surface area (Å²) in [5.74, 6) is 1.90. The Morgan fingerprint density at radius 2 is 2.25 bits per heavy atom. The third-order valence-corrected chi connectivity index (χ3v) is 3.32. The lowest BCUT2D eigenvalue weighted by molar-refractivity contribution is 0.103. The Kier molecular flexibility index (Phi) is 2.88. The molecular formula is C11H17N3O2. The Balaban J connectivity index is 1.71. The minimum atomic E-state index is 0.0639. The predicted octanol–water partition coefficient (Wildman–Crippen LogP) is 1.39. The van der Waals surface area contributed by atoms with Crippen LogP contribution in [-0.2, 0) is 4.74 Å². The van der Waals surface area contributed by atoms with Crippen LogP contribution in [0, 0.1) is 0 Å². The van der Waals surface area contributed by atoms with Crippen molar-refractivity contribution in [1.29, 1.82) is 0 Å². The fraction of sp³-hybridized carbons (Fsp3) is 0.818. The van der Waals surface area contributed by atoms with Gasteiger partial charge in [-0.25, -0.2) is 0 Å². The van der Waals surface area contributed by atoms with E-state index in [9.17, 15) is 0 Å². The molecule has 2 aliphatic rings. The van der Waals surface area contributed by atoms with Crippen LogP contribution in [0.3, 0.4) is 0 Å². The maximum atomic E-state index is 5.54. The number of hydrogen-bond donors (Lipinski definition) is 1. The van der Waals surface area contributed by atoms with Crippen LogP contribution in [0.25, 0.3) is 0 Å². The maximum Gasteiger partial charge on any atom is 0.231 e. The van der Waals surface area contributed by atoms with E-state index in [1.165, 1.54) is 6.42 Å². The summed E-state index contributed by atoms with van der Waals surface area (Å²) >= 11 is 0. The van der Waals surface area contributed by atoms with Crippen molar-refractivity contribution in [1.82, 2.24) is 15.5 Å². The predicted molar refractivity (Wildman–Crippen MR) is 57.1 cm³/mol. The number of rotatable bonds is 2. The van der Waals surface area contributed by atoms with Crippen LogP contribution in [0.2, 0.25) is 0 Å². The van der Waals surface area contributed by atoms with Gasteiger partial charge in [0.1, 0.15) is 6.10 Å². The highest BCUT2D eigenvalue weighted by Crippen LogP contribution is 2.28. The van der Waals surface area contributed by atoms with E-state index in [2.05, 4.69) is 15.5 Å². The zero-order chi connectivity index (χ0) is 10.8. The van der Waals surface area contributed by atoms with Crippen molar-refractivity contribution in [2.75, 3.05) is 19.7 Å². The van der Waals surface area contributed by atoms with Gasteiger partial charge in [-0.2, -0.15) is 4.98 Å². The van der Waals surface area contributed by atoms with Crippen LogP contribution in [0.1, 0.15) is 49.4 Å². The van der Waals surface area contributed by atoms with Crippen LogP contribution in [0.15, 0.2) is 4.52 Å². The lowest BCUT2D eigenvalue weighted by Gasteiger charge is -2.18. The minimum absolute atomic E-state index is 0.0639. The van der Waals surface area contributed by atoms with Gasteiger partial charge in [0.2, 0.25) is 11.7 Å². The van der Waals surface area contributed by atoms with Crippen molar-refractivity contribution in [3.05, 3.63) is 11.7 Å². The Morgan fingerprint density at radius 3 is 3.00 bits per heavy atom. The highest BCUT2D eigenvalue weighted by atomic mass is 16.5. The van der Waals surface area contributed by atoms with Crippen molar-refractivity contribution >= 4 is 0 Å². The molecular weight excluding hydrogens is 206 g/mol. The number of ether oxygens (including phenoxy) is 1. The number of piperidine rings is 1. The highest BCUT2D eigenvalue weighted by Gasteiger charge is 2.26. The van der Waals surface area contributed by atoms with E-state index in [-0.39, 0.29) is 6.10 Å². The second kappa shape index (κ2) is 4.51. The topological polar surface area (TPSA) is 60.2 Å². The summed E-state index contributed by atoms with van der Waals surface area (Å²) in [6.07, 6.45) is 4.50. The van der Waals surface area contributed by atoms with Gasteiger partial charge < -0.3 is 14.6 Å². The molecule has 0 bridgehead atoms. The zero-order valence-corrected chi connectivity index (χ0v) is 9.32. The molecule has 3 heterocycles. The van der Waals surface area contributed by atoms with Crippen LogP contribution < -0.4 is 5.32 Å². The van der Waals surface area contributed by atoms with E-state index in [0.717, 1.165) is 50.7 Å². The van der Waals surface area contributed by atoms with Crippen molar-refractivity contribution in [2.45, 2.75) is 37.7 Å². The molecule has 1 aromatic rings. The second-order valence-electron chi connectivity index (χ2n) is 4.54. The molecule has 5 nitrogen and oxygen atoms in total. The van der Waals surface area contributed by atoms with Crippen molar-refractivity contribution < 1.29 is 9.26 Å². The van der Waals surface area contributed by atoms with Crippen LogP contribution in [0.5, 0.6) is 0 Å². The standard InChI is InChI=1S/C11H17N3O2/c1-3-8(7-12-5-1)11-13-10(14-16-11)9-4-2-6-15-9/h8-9,12H,1-7H2/t8-,9?/m0/s1. The smallest absolute Gasteiger partial charge is 0.231 e. The zero-order valence-electron chi connectivity index (χ0n) is 9.32. The van der Waals surface area contributed by atoms with E-state index in [1.54, 1.807) is 0 Å². The van der Waals surface area contributed by atoms with Gasteiger partial charge in [0.05, 0.1) is 5.92 Å². The molecule has 2 aliphatic heterocycles. The van der Waals surface area contributed by atoms with Gasteiger partial charge in [-0.1, -0.05) is 5.16 Å². The van der Waals surface area contributed by atoms with Crippen LogP contribution >= 0.6 is 0 Å². The molecule has 0 saturated carbocycles. The number of nitrogens with one attached hydrogen (secondary N) is 1. The average Bonchev–Trinajstić information content (AvgIpc) is 3.01. The minimum Gasteiger partial charge on any atom is -0.370 e. The largest absolute Gasteiger partial charge is 0.370 e. The summed E-state index contributed by atoms with van der Waals surface area (Å²) in [4.78, 5) is 4.47. The first-order valence-electron chi connectivity index (χ1n) is 6.09. The Labute approximate surface area is 94.6 Å². The monoisotopic (exact) mass is 223 g/mol. The summed E-state index contributed by atoms with van der Waals surface area (Å²) in [5.41, 5.74) is 0. The second-order valence-corrected chi connectivity index (χ2v) is 4.54. The SMILES string of the molecule is C1COC(c2noc([C@H]3CCCNC3)n2)C1. The summed E-state index contributed by atoms with van der Waals surface area (Å²) in [6, 6.07) is 0. The molecule has 0 aliphatic carbocycles. The molecule has 2 saturated heterocycles. The Bertz CT molecular complexity index is 341. The fourth-order valence-corrected chi connectivity index (χ4v) is 2.39. The van der Waals surface area contributed by atoms with Crippen LogP contribution in [0.4, 0.5) is 0 Å². The van der Waals surface area contributed by atoms with Crippen LogP contribution in [-0.4, -0.2) is 29.8 Å². The maximum absolute atomic E-state index is 5.54. The normalized spacial score (nSPS) is 30.8. The van der Waals surface area contributed by atoms with E-state index in [1.807, 2.05) is 0 Å². The average molecular weight is 223 g/mol. The summed E-state index contributed by atoms with van der Waals surface area (Å²) in [5, 5.41) is 7.39. The summed E-state index contributed by atoms with van der Waals surface area (Å²) in [6.45, 7) is 2.87. The molecule has 0 amide bonds. The van der Waals surface area contributed by atoms with Gasteiger partial charge in [0.25, 0.3) is 0 Å². The number of nitrogens with zero attached hydrogens (tertiary/aromatic N) is 2. The molecule has 1 N–H and O–H groups in total. The molecule has 1 unspecified atom stereocenters. The van der Waals surface area contributed by atoms with Crippen molar-refractivity contribution in [3.63, 3.8) is 0 Å². The van der Waals surface area contributed by atoms with Gasteiger partial charge in [-0.15, -0.1) is 0 Å². The lowest BCUT2D eigenvalue weighted by Crippen LogP contribution is -2.28. The molecule has 5 heteroatoms. The van der Waals surface area contributed by atoms with Gasteiger partial charge in [-0.05, 0) is 32.2 Å². The van der Waals surface area contributed by atoms with Gasteiger partial charge >= 0.3 is 0 Å². The quantitative estimate of drug-likeness (QED) is 0.821.